The van der Waals surface area contributed by atoms with Gasteiger partial charge >= 0.3 is 0 Å². The van der Waals surface area contributed by atoms with Crippen LogP contribution < -0.4 is 5.32 Å². The van der Waals surface area contributed by atoms with Crippen LogP contribution in [0.5, 0.6) is 0 Å². The number of imidazole rings is 1. The van der Waals surface area contributed by atoms with E-state index in [1.165, 1.54) is 5.56 Å². The van der Waals surface area contributed by atoms with E-state index in [9.17, 15) is 0 Å². The summed E-state index contributed by atoms with van der Waals surface area (Å²) in [5.41, 5.74) is 7.51. The Morgan fingerprint density at radius 3 is 2.32 bits per heavy atom. The van der Waals surface area contributed by atoms with Crippen LogP contribution in [-0.4, -0.2) is 31.8 Å². The lowest BCUT2D eigenvalue weighted by atomic mass is 10.1. The molecule has 7 nitrogen and oxygen atoms in total. The van der Waals surface area contributed by atoms with Crippen molar-refractivity contribution in [1.82, 2.24) is 19.7 Å². The zero-order valence-corrected chi connectivity index (χ0v) is 20.8. The molecule has 0 unspecified atom stereocenters. The van der Waals surface area contributed by atoms with Gasteiger partial charge in [0.05, 0.1) is 22.9 Å². The van der Waals surface area contributed by atoms with E-state index in [0.717, 1.165) is 39.2 Å². The van der Waals surface area contributed by atoms with E-state index in [2.05, 4.69) is 27.4 Å². The highest BCUT2D eigenvalue weighted by Crippen LogP contribution is 2.22. The lowest BCUT2D eigenvalue weighted by Gasteiger charge is -2.06. The maximum Gasteiger partial charge on any atom is 0.196 e. The van der Waals surface area contributed by atoms with Crippen LogP contribution in [0.4, 0.5) is 5.69 Å². The van der Waals surface area contributed by atoms with Gasteiger partial charge in [-0.2, -0.15) is 10.2 Å². The van der Waals surface area contributed by atoms with Crippen molar-refractivity contribution in [3.05, 3.63) is 132 Å². The average molecular weight is 496 g/mol. The minimum Gasteiger partial charge on any atom is -0.336 e. The number of nitrogens with one attached hydrogen (secondary N) is 2. The van der Waals surface area contributed by atoms with Crippen LogP contribution in [0.25, 0.3) is 28.0 Å². The molecule has 7 heteroatoms. The predicted octanol–water partition coefficient (Wildman–Crippen LogP) is 6.62. The van der Waals surface area contributed by atoms with Gasteiger partial charge in [0.1, 0.15) is 5.69 Å². The van der Waals surface area contributed by atoms with Gasteiger partial charge in [-0.05, 0) is 43.3 Å². The number of para-hydroxylation sites is 3. The number of anilines is 1. The number of rotatable bonds is 6. The topological polar surface area (TPSA) is 83.2 Å². The number of H-pyrrole nitrogens is 1. The van der Waals surface area contributed by atoms with E-state index in [-0.39, 0.29) is 0 Å². The van der Waals surface area contributed by atoms with Crippen molar-refractivity contribution in [3.8, 4) is 16.9 Å². The zero-order chi connectivity index (χ0) is 25.7. The fourth-order valence-corrected chi connectivity index (χ4v) is 4.13. The van der Waals surface area contributed by atoms with E-state index in [1.54, 1.807) is 6.21 Å². The van der Waals surface area contributed by atoms with E-state index in [1.807, 2.05) is 120 Å². The Labute approximate surface area is 220 Å². The first-order chi connectivity index (χ1) is 18.7. The molecule has 6 aromatic rings. The number of fused-ring (bicyclic) bond motifs is 1. The van der Waals surface area contributed by atoms with Crippen LogP contribution >= 0.6 is 0 Å². The average Bonchev–Trinajstić information content (AvgIpc) is 3.59. The largest absolute Gasteiger partial charge is 0.336 e. The second kappa shape index (κ2) is 10.4. The van der Waals surface area contributed by atoms with Crippen molar-refractivity contribution < 1.29 is 0 Å². The molecule has 0 saturated carbocycles. The number of aryl methyl sites for hydroxylation is 1. The molecule has 0 saturated heterocycles. The van der Waals surface area contributed by atoms with Crippen LogP contribution in [-0.2, 0) is 0 Å². The van der Waals surface area contributed by atoms with Crippen molar-refractivity contribution in [3.63, 3.8) is 0 Å². The van der Waals surface area contributed by atoms with Gasteiger partial charge in [0.25, 0.3) is 0 Å². The monoisotopic (exact) mass is 495 g/mol. The Balaban J connectivity index is 1.39. The van der Waals surface area contributed by atoms with Gasteiger partial charge in [-0.1, -0.05) is 78.4 Å². The van der Waals surface area contributed by atoms with Crippen LogP contribution in [0, 0.1) is 6.92 Å². The molecule has 2 aromatic heterocycles. The standard InChI is InChI=1S/C31H25N7/c1-22-16-18-25(19-17-22)33-31(30-34-27-14-8-9-15-28(27)35-30)36-32-20-24-21-38(26-12-6-3-7-13-26)37-29(24)23-10-4-2-5-11-23/h2-21H,1H3,(H,33,36)(H,34,35). The molecule has 0 aliphatic heterocycles. The second-order valence-corrected chi connectivity index (χ2v) is 8.87. The van der Waals surface area contributed by atoms with Crippen LogP contribution in [0.2, 0.25) is 0 Å². The molecule has 0 bridgehead atoms. The summed E-state index contributed by atoms with van der Waals surface area (Å²) >= 11 is 0. The summed E-state index contributed by atoms with van der Waals surface area (Å²) in [4.78, 5) is 8.07. The highest BCUT2D eigenvalue weighted by Gasteiger charge is 2.13. The summed E-state index contributed by atoms with van der Waals surface area (Å²) in [6, 6.07) is 36.1. The minimum absolute atomic E-state index is 0.512. The number of aromatic amines is 1. The fraction of sp³-hybridized carbons (Fsp3) is 0.0323. The first-order valence-corrected chi connectivity index (χ1v) is 12.3. The zero-order valence-electron chi connectivity index (χ0n) is 20.8. The Kier molecular flexibility index (Phi) is 6.30. The quantitative estimate of drug-likeness (QED) is 0.155. The van der Waals surface area contributed by atoms with Gasteiger partial charge in [0.15, 0.2) is 11.7 Å². The fourth-order valence-electron chi connectivity index (χ4n) is 4.13. The SMILES string of the molecule is Cc1ccc(NC(=NN=Cc2cn(-c3ccccc3)nc2-c2ccccc2)c2nc3ccccc3[nH]2)cc1. The van der Waals surface area contributed by atoms with E-state index in [4.69, 9.17) is 10.1 Å². The molecule has 0 spiro atoms. The third kappa shape index (κ3) is 4.99. The molecule has 0 amide bonds. The maximum absolute atomic E-state index is 4.85. The molecule has 2 heterocycles. The van der Waals surface area contributed by atoms with Gasteiger partial charge in [-0.3, -0.25) is 0 Å². The Morgan fingerprint density at radius 1 is 0.842 bits per heavy atom. The van der Waals surface area contributed by atoms with E-state index >= 15 is 0 Å². The van der Waals surface area contributed by atoms with Crippen molar-refractivity contribution in [2.45, 2.75) is 6.92 Å². The summed E-state index contributed by atoms with van der Waals surface area (Å²) in [5.74, 6) is 1.12. The third-order valence-electron chi connectivity index (χ3n) is 6.09. The smallest absolute Gasteiger partial charge is 0.196 e. The summed E-state index contributed by atoms with van der Waals surface area (Å²) in [6.45, 7) is 2.06. The molecule has 2 N–H and O–H groups in total. The number of benzene rings is 4. The first kappa shape index (κ1) is 23.1. The first-order valence-electron chi connectivity index (χ1n) is 12.3. The molecule has 0 aliphatic carbocycles. The number of nitrogens with zero attached hydrogens (tertiary/aromatic N) is 5. The van der Waals surface area contributed by atoms with Gasteiger partial charge < -0.3 is 10.3 Å². The van der Waals surface area contributed by atoms with Gasteiger partial charge in [0, 0.05) is 23.0 Å². The molecule has 38 heavy (non-hydrogen) atoms. The van der Waals surface area contributed by atoms with E-state index < -0.39 is 0 Å². The molecule has 6 rings (SSSR count). The molecule has 0 radical (unpaired) electrons. The number of hydrogen-bond acceptors (Lipinski definition) is 4. The van der Waals surface area contributed by atoms with Crippen molar-refractivity contribution in [2.24, 2.45) is 10.2 Å². The van der Waals surface area contributed by atoms with Gasteiger partial charge in [0.2, 0.25) is 0 Å². The predicted molar refractivity (Wildman–Crippen MR) is 154 cm³/mol. The highest BCUT2D eigenvalue weighted by molar-refractivity contribution is 6.07. The molecule has 0 aliphatic rings. The second-order valence-electron chi connectivity index (χ2n) is 8.87. The van der Waals surface area contributed by atoms with Crippen molar-refractivity contribution >= 4 is 28.8 Å². The highest BCUT2D eigenvalue weighted by atomic mass is 15.3. The minimum atomic E-state index is 0.512. The lowest BCUT2D eigenvalue weighted by molar-refractivity contribution is 0.884. The summed E-state index contributed by atoms with van der Waals surface area (Å²) in [7, 11) is 0. The summed E-state index contributed by atoms with van der Waals surface area (Å²) < 4.78 is 1.86. The molecular formula is C31H25N7. The van der Waals surface area contributed by atoms with Crippen molar-refractivity contribution in [2.75, 3.05) is 5.32 Å². The van der Waals surface area contributed by atoms with Gasteiger partial charge in [-0.25, -0.2) is 9.67 Å². The molecule has 4 aromatic carbocycles. The molecular weight excluding hydrogens is 470 g/mol. The Morgan fingerprint density at radius 2 is 1.55 bits per heavy atom. The summed E-state index contributed by atoms with van der Waals surface area (Å²) in [5, 5.41) is 17.3. The normalized spacial score (nSPS) is 11.9. The third-order valence-corrected chi connectivity index (χ3v) is 6.09. The summed E-state index contributed by atoms with van der Waals surface area (Å²) in [6.07, 6.45) is 3.69. The lowest BCUT2D eigenvalue weighted by Crippen LogP contribution is -2.15. The van der Waals surface area contributed by atoms with Crippen LogP contribution in [0.1, 0.15) is 17.0 Å². The molecule has 0 atom stereocenters. The van der Waals surface area contributed by atoms with Crippen LogP contribution in [0.15, 0.2) is 126 Å². The van der Waals surface area contributed by atoms with Crippen LogP contribution in [0.3, 0.4) is 0 Å². The number of aromatic nitrogens is 4. The molecule has 184 valence electrons. The maximum atomic E-state index is 4.85. The van der Waals surface area contributed by atoms with Gasteiger partial charge in [-0.15, -0.1) is 5.10 Å². The number of hydrogen-bond donors (Lipinski definition) is 2. The Hall–Kier alpha value is -5.30. The van der Waals surface area contributed by atoms with E-state index in [0.29, 0.717) is 11.7 Å². The van der Waals surface area contributed by atoms with Crippen molar-refractivity contribution in [1.29, 1.82) is 0 Å². The number of amidine groups is 1. The molecule has 0 fully saturated rings. The Bertz CT molecular complexity index is 1700.